The van der Waals surface area contributed by atoms with E-state index >= 15 is 0 Å². The molecule has 0 unspecified atom stereocenters. The number of hydrogen-bond acceptors (Lipinski definition) is 4. The molecule has 1 amide bonds. The van der Waals surface area contributed by atoms with Crippen LogP contribution in [0.15, 0.2) is 54.6 Å². The van der Waals surface area contributed by atoms with Crippen LogP contribution in [0.2, 0.25) is 0 Å². The summed E-state index contributed by atoms with van der Waals surface area (Å²) in [5.41, 5.74) is 4.98. The minimum absolute atomic E-state index is 0.0236. The summed E-state index contributed by atoms with van der Waals surface area (Å²) in [6.45, 7) is 7.06. The third kappa shape index (κ3) is 3.58. The molecule has 1 aliphatic heterocycles. The molecule has 2 aromatic carbocycles. The van der Waals surface area contributed by atoms with Gasteiger partial charge in [-0.15, -0.1) is 0 Å². The molecule has 4 rings (SSSR count). The topological polar surface area (TPSA) is 50.6 Å². The standard InChI is InChI=1S/C23H26N4O2/c1-17-22(18(2)27(24-17)19-9-5-4-6-10-19)25-13-15-26(16-14-25)23(28)20-11-7-8-12-21(20)29-3/h4-12H,13-16H2,1-3H3. The lowest BCUT2D eigenvalue weighted by molar-refractivity contribution is 0.0743. The fraction of sp³-hybridized carbons (Fsp3) is 0.304. The van der Waals surface area contributed by atoms with E-state index in [0.29, 0.717) is 24.4 Å². The van der Waals surface area contributed by atoms with Crippen molar-refractivity contribution in [2.24, 2.45) is 0 Å². The number of rotatable bonds is 4. The van der Waals surface area contributed by atoms with Crippen molar-refractivity contribution in [3.63, 3.8) is 0 Å². The molecule has 3 aromatic rings. The van der Waals surface area contributed by atoms with Gasteiger partial charge in [-0.25, -0.2) is 4.68 Å². The van der Waals surface area contributed by atoms with Gasteiger partial charge in [0.2, 0.25) is 0 Å². The lowest BCUT2D eigenvalue weighted by Crippen LogP contribution is -2.49. The van der Waals surface area contributed by atoms with Crippen molar-refractivity contribution in [3.8, 4) is 11.4 Å². The Morgan fingerprint density at radius 2 is 1.59 bits per heavy atom. The second-order valence-corrected chi connectivity index (χ2v) is 7.25. The molecule has 0 bridgehead atoms. The smallest absolute Gasteiger partial charge is 0.257 e. The van der Waals surface area contributed by atoms with E-state index in [1.54, 1.807) is 7.11 Å². The van der Waals surface area contributed by atoms with Crippen molar-refractivity contribution in [1.29, 1.82) is 0 Å². The van der Waals surface area contributed by atoms with Gasteiger partial charge in [0.05, 0.1) is 35.4 Å². The lowest BCUT2D eigenvalue weighted by Gasteiger charge is -2.36. The highest BCUT2D eigenvalue weighted by Gasteiger charge is 2.27. The van der Waals surface area contributed by atoms with Gasteiger partial charge in [0.15, 0.2) is 0 Å². The number of piperazine rings is 1. The molecular weight excluding hydrogens is 364 g/mol. The molecule has 0 N–H and O–H groups in total. The van der Waals surface area contributed by atoms with Crippen LogP contribution in [-0.4, -0.2) is 53.9 Å². The van der Waals surface area contributed by atoms with Crippen LogP contribution >= 0.6 is 0 Å². The Morgan fingerprint density at radius 1 is 0.931 bits per heavy atom. The molecule has 1 saturated heterocycles. The fourth-order valence-electron chi connectivity index (χ4n) is 4.04. The van der Waals surface area contributed by atoms with Crippen molar-refractivity contribution in [1.82, 2.24) is 14.7 Å². The summed E-state index contributed by atoms with van der Waals surface area (Å²) in [7, 11) is 1.60. The van der Waals surface area contributed by atoms with Crippen molar-refractivity contribution < 1.29 is 9.53 Å². The van der Waals surface area contributed by atoms with Gasteiger partial charge in [-0.1, -0.05) is 30.3 Å². The van der Waals surface area contributed by atoms with E-state index in [0.717, 1.165) is 30.2 Å². The summed E-state index contributed by atoms with van der Waals surface area (Å²) in [5, 5.41) is 4.76. The summed E-state index contributed by atoms with van der Waals surface area (Å²) in [6.07, 6.45) is 0. The van der Waals surface area contributed by atoms with Gasteiger partial charge in [-0.05, 0) is 38.1 Å². The summed E-state index contributed by atoms with van der Waals surface area (Å²) >= 11 is 0. The number of carbonyl (C=O) groups excluding carboxylic acids is 1. The number of aryl methyl sites for hydroxylation is 1. The molecule has 1 aliphatic rings. The zero-order valence-corrected chi connectivity index (χ0v) is 17.1. The van der Waals surface area contributed by atoms with Crippen LogP contribution in [0.5, 0.6) is 5.75 Å². The van der Waals surface area contributed by atoms with Crippen LogP contribution in [0.4, 0.5) is 5.69 Å². The fourth-order valence-corrected chi connectivity index (χ4v) is 4.04. The van der Waals surface area contributed by atoms with Crippen LogP contribution in [-0.2, 0) is 0 Å². The monoisotopic (exact) mass is 390 g/mol. The highest BCUT2D eigenvalue weighted by Crippen LogP contribution is 2.28. The first-order valence-corrected chi connectivity index (χ1v) is 9.89. The minimum atomic E-state index is 0.0236. The first kappa shape index (κ1) is 19.1. The SMILES string of the molecule is COc1ccccc1C(=O)N1CCN(c2c(C)nn(-c3ccccc3)c2C)CC1. The number of anilines is 1. The molecule has 0 saturated carbocycles. The Labute approximate surface area is 171 Å². The Balaban J connectivity index is 1.51. The maximum atomic E-state index is 13.0. The molecule has 1 aromatic heterocycles. The van der Waals surface area contributed by atoms with Gasteiger partial charge in [-0.2, -0.15) is 5.10 Å². The largest absolute Gasteiger partial charge is 0.496 e. The van der Waals surface area contributed by atoms with E-state index < -0.39 is 0 Å². The summed E-state index contributed by atoms with van der Waals surface area (Å²) in [4.78, 5) is 17.2. The van der Waals surface area contributed by atoms with E-state index in [4.69, 9.17) is 9.84 Å². The van der Waals surface area contributed by atoms with Crippen molar-refractivity contribution in [3.05, 3.63) is 71.5 Å². The number of hydrogen-bond donors (Lipinski definition) is 0. The van der Waals surface area contributed by atoms with Crippen LogP contribution in [0.1, 0.15) is 21.7 Å². The second-order valence-electron chi connectivity index (χ2n) is 7.25. The molecule has 6 nitrogen and oxygen atoms in total. The molecule has 6 heteroatoms. The summed E-state index contributed by atoms with van der Waals surface area (Å²) in [5.74, 6) is 0.645. The van der Waals surface area contributed by atoms with E-state index in [9.17, 15) is 4.79 Å². The number of benzene rings is 2. The average molecular weight is 390 g/mol. The highest BCUT2D eigenvalue weighted by atomic mass is 16.5. The zero-order valence-electron chi connectivity index (χ0n) is 17.1. The molecule has 0 spiro atoms. The molecule has 0 aliphatic carbocycles. The normalized spacial score (nSPS) is 14.2. The predicted octanol–water partition coefficient (Wildman–Crippen LogP) is 3.46. The third-order valence-electron chi connectivity index (χ3n) is 5.47. The van der Waals surface area contributed by atoms with Crippen LogP contribution < -0.4 is 9.64 Å². The van der Waals surface area contributed by atoms with E-state index in [1.807, 2.05) is 59.0 Å². The summed E-state index contributed by atoms with van der Waals surface area (Å²) < 4.78 is 7.35. The van der Waals surface area contributed by atoms with Crippen molar-refractivity contribution >= 4 is 11.6 Å². The number of nitrogens with zero attached hydrogens (tertiary/aromatic N) is 4. The number of ether oxygens (including phenoxy) is 1. The van der Waals surface area contributed by atoms with Gasteiger partial charge in [0, 0.05) is 26.2 Å². The zero-order chi connectivity index (χ0) is 20.4. The third-order valence-corrected chi connectivity index (χ3v) is 5.47. The van der Waals surface area contributed by atoms with Crippen LogP contribution in [0, 0.1) is 13.8 Å². The van der Waals surface area contributed by atoms with Gasteiger partial charge >= 0.3 is 0 Å². The van der Waals surface area contributed by atoms with Gasteiger partial charge in [0.1, 0.15) is 5.75 Å². The number of aromatic nitrogens is 2. The van der Waals surface area contributed by atoms with Gasteiger partial charge < -0.3 is 14.5 Å². The van der Waals surface area contributed by atoms with E-state index in [2.05, 4.69) is 24.0 Å². The van der Waals surface area contributed by atoms with E-state index in [-0.39, 0.29) is 5.91 Å². The van der Waals surface area contributed by atoms with Crippen molar-refractivity contribution in [2.75, 3.05) is 38.2 Å². The number of carbonyl (C=O) groups is 1. The van der Waals surface area contributed by atoms with Crippen LogP contribution in [0.3, 0.4) is 0 Å². The Kier molecular flexibility index (Phi) is 5.25. The molecular formula is C23H26N4O2. The number of para-hydroxylation sites is 2. The molecule has 2 heterocycles. The molecule has 29 heavy (non-hydrogen) atoms. The highest BCUT2D eigenvalue weighted by molar-refractivity contribution is 5.97. The molecule has 150 valence electrons. The predicted molar refractivity (Wildman–Crippen MR) is 114 cm³/mol. The molecule has 0 radical (unpaired) electrons. The first-order chi connectivity index (χ1) is 14.1. The van der Waals surface area contributed by atoms with Crippen molar-refractivity contribution in [2.45, 2.75) is 13.8 Å². The average Bonchev–Trinajstić information content (AvgIpc) is 3.08. The number of amides is 1. The maximum absolute atomic E-state index is 13.0. The first-order valence-electron chi connectivity index (χ1n) is 9.89. The van der Waals surface area contributed by atoms with Gasteiger partial charge in [-0.3, -0.25) is 4.79 Å². The maximum Gasteiger partial charge on any atom is 0.257 e. The Morgan fingerprint density at radius 3 is 2.28 bits per heavy atom. The summed E-state index contributed by atoms with van der Waals surface area (Å²) in [6, 6.07) is 17.6. The second kappa shape index (κ2) is 7.99. The molecule has 1 fully saturated rings. The Hall–Kier alpha value is -3.28. The minimum Gasteiger partial charge on any atom is -0.496 e. The van der Waals surface area contributed by atoms with E-state index in [1.165, 1.54) is 5.69 Å². The Bertz CT molecular complexity index is 1000. The number of methoxy groups -OCH3 is 1. The van der Waals surface area contributed by atoms with Crippen LogP contribution in [0.25, 0.3) is 5.69 Å². The van der Waals surface area contributed by atoms with Gasteiger partial charge in [0.25, 0.3) is 5.91 Å². The quantitative estimate of drug-likeness (QED) is 0.685. The lowest BCUT2D eigenvalue weighted by atomic mass is 10.1. The molecule has 0 atom stereocenters.